The van der Waals surface area contributed by atoms with Crippen LogP contribution in [0.25, 0.3) is 0 Å². The Morgan fingerprint density at radius 2 is 2.08 bits per heavy atom. The van der Waals surface area contributed by atoms with Crippen LogP contribution < -0.4 is 0 Å². The van der Waals surface area contributed by atoms with Crippen LogP contribution >= 0.6 is 11.3 Å². The van der Waals surface area contributed by atoms with Crippen molar-refractivity contribution in [3.63, 3.8) is 0 Å². The molecule has 0 unspecified atom stereocenters. The van der Waals surface area contributed by atoms with E-state index in [2.05, 4.69) is 4.98 Å². The molecule has 0 N–H and O–H groups in total. The van der Waals surface area contributed by atoms with Crippen molar-refractivity contribution in [3.8, 4) is 0 Å². The van der Waals surface area contributed by atoms with Gasteiger partial charge in [-0.2, -0.15) is 0 Å². The molecule has 24 heavy (non-hydrogen) atoms. The molecule has 0 aliphatic carbocycles. The molecule has 2 aliphatic rings. The lowest BCUT2D eigenvalue weighted by Crippen LogP contribution is -2.45. The molecule has 2 aliphatic heterocycles. The molecule has 2 amide bonds. The van der Waals surface area contributed by atoms with Crippen LogP contribution in [-0.4, -0.2) is 59.4 Å². The van der Waals surface area contributed by atoms with Crippen LogP contribution in [0.5, 0.6) is 0 Å². The van der Waals surface area contributed by atoms with Gasteiger partial charge < -0.3 is 14.5 Å². The van der Waals surface area contributed by atoms with Gasteiger partial charge in [0.2, 0.25) is 11.8 Å². The zero-order chi connectivity index (χ0) is 16.9. The van der Waals surface area contributed by atoms with E-state index in [0.717, 1.165) is 37.2 Å². The fraction of sp³-hybridized carbons (Fsp3) is 0.706. The Hall–Kier alpha value is -1.47. The Labute approximate surface area is 146 Å². The van der Waals surface area contributed by atoms with Crippen LogP contribution in [-0.2, 0) is 14.3 Å². The summed E-state index contributed by atoms with van der Waals surface area (Å²) in [6.45, 7) is 4.71. The van der Waals surface area contributed by atoms with Gasteiger partial charge in [0.1, 0.15) is 11.6 Å². The van der Waals surface area contributed by atoms with Gasteiger partial charge in [-0.1, -0.05) is 0 Å². The summed E-state index contributed by atoms with van der Waals surface area (Å²) < 4.78 is 5.19. The van der Waals surface area contributed by atoms with Gasteiger partial charge in [0.05, 0.1) is 6.04 Å². The van der Waals surface area contributed by atoms with Crippen molar-refractivity contribution in [1.29, 1.82) is 0 Å². The molecule has 1 aromatic rings. The average Bonchev–Trinajstić information content (AvgIpc) is 3.29. The summed E-state index contributed by atoms with van der Waals surface area (Å²) in [4.78, 5) is 33.2. The minimum Gasteiger partial charge on any atom is -0.372 e. The molecule has 3 heterocycles. The fourth-order valence-corrected chi connectivity index (χ4v) is 4.36. The minimum absolute atomic E-state index is 0.0294. The van der Waals surface area contributed by atoms with Crippen LogP contribution in [0.1, 0.15) is 43.7 Å². The molecule has 0 saturated carbocycles. The number of hydrogen-bond acceptors (Lipinski definition) is 5. The Bertz CT molecular complexity index is 555. The van der Waals surface area contributed by atoms with Gasteiger partial charge in [-0.3, -0.25) is 9.59 Å². The van der Waals surface area contributed by atoms with E-state index in [4.69, 9.17) is 4.74 Å². The third-order valence-corrected chi connectivity index (χ3v) is 5.78. The van der Waals surface area contributed by atoms with Crippen LogP contribution in [0.3, 0.4) is 0 Å². The highest BCUT2D eigenvalue weighted by Gasteiger charge is 2.36. The van der Waals surface area contributed by atoms with Crippen molar-refractivity contribution in [2.45, 2.75) is 38.6 Å². The van der Waals surface area contributed by atoms with Crippen molar-refractivity contribution in [1.82, 2.24) is 14.8 Å². The second-order valence-corrected chi connectivity index (χ2v) is 7.28. The topological polar surface area (TPSA) is 62.7 Å². The van der Waals surface area contributed by atoms with E-state index in [-0.39, 0.29) is 30.4 Å². The number of nitrogens with zero attached hydrogens (tertiary/aromatic N) is 3. The van der Waals surface area contributed by atoms with E-state index < -0.39 is 0 Å². The molecule has 2 saturated heterocycles. The molecule has 2 fully saturated rings. The number of likely N-dealkylation sites (tertiary alicyclic amines) is 2. The van der Waals surface area contributed by atoms with E-state index in [9.17, 15) is 9.59 Å². The average molecular weight is 351 g/mol. The summed E-state index contributed by atoms with van der Waals surface area (Å²) >= 11 is 1.63. The van der Waals surface area contributed by atoms with Gasteiger partial charge in [-0.15, -0.1) is 11.3 Å². The predicted molar refractivity (Wildman–Crippen MR) is 91.6 cm³/mol. The predicted octanol–water partition coefficient (Wildman–Crippen LogP) is 2.08. The van der Waals surface area contributed by atoms with Crippen LogP contribution in [0.15, 0.2) is 11.6 Å². The number of amides is 2. The van der Waals surface area contributed by atoms with Crippen molar-refractivity contribution < 1.29 is 14.3 Å². The van der Waals surface area contributed by atoms with Gasteiger partial charge in [-0.05, 0) is 32.6 Å². The first-order valence-electron chi connectivity index (χ1n) is 8.76. The highest BCUT2D eigenvalue weighted by atomic mass is 32.1. The Balaban J connectivity index is 1.54. The monoisotopic (exact) mass is 351 g/mol. The second-order valence-electron chi connectivity index (χ2n) is 6.35. The van der Waals surface area contributed by atoms with Gasteiger partial charge in [0.15, 0.2) is 0 Å². The summed E-state index contributed by atoms with van der Waals surface area (Å²) in [6, 6.07) is 0.148. The van der Waals surface area contributed by atoms with Gasteiger partial charge in [0, 0.05) is 43.7 Å². The molecule has 1 atom stereocenters. The molecule has 7 heteroatoms. The molecule has 0 bridgehead atoms. The highest BCUT2D eigenvalue weighted by Crippen LogP contribution is 2.35. The largest absolute Gasteiger partial charge is 0.372 e. The van der Waals surface area contributed by atoms with Crippen molar-refractivity contribution in [2.24, 2.45) is 5.92 Å². The Morgan fingerprint density at radius 3 is 2.75 bits per heavy atom. The molecule has 3 rings (SSSR count). The first-order valence-corrected chi connectivity index (χ1v) is 9.64. The zero-order valence-electron chi connectivity index (χ0n) is 14.1. The Kier molecular flexibility index (Phi) is 5.84. The van der Waals surface area contributed by atoms with E-state index >= 15 is 0 Å². The molecular formula is C17H25N3O3S. The number of rotatable bonds is 5. The summed E-state index contributed by atoms with van der Waals surface area (Å²) in [6.07, 6.45) is 5.35. The molecule has 0 spiro atoms. The lowest BCUT2D eigenvalue weighted by Gasteiger charge is -2.34. The lowest BCUT2D eigenvalue weighted by atomic mass is 9.95. The maximum Gasteiger partial charge on any atom is 0.248 e. The summed E-state index contributed by atoms with van der Waals surface area (Å²) in [5.41, 5.74) is 0. The Morgan fingerprint density at radius 1 is 1.29 bits per heavy atom. The van der Waals surface area contributed by atoms with Gasteiger partial charge in [-0.25, -0.2) is 4.98 Å². The first-order chi connectivity index (χ1) is 11.7. The maximum absolute atomic E-state index is 12.9. The summed E-state index contributed by atoms with van der Waals surface area (Å²) in [7, 11) is 0. The van der Waals surface area contributed by atoms with Crippen molar-refractivity contribution >= 4 is 23.2 Å². The molecule has 0 aromatic carbocycles. The SMILES string of the molecule is CCOCC(=O)N1CCC(C(=O)N2CCC[C@@H]2c2nccs2)CC1. The van der Waals surface area contributed by atoms with E-state index in [1.807, 2.05) is 28.3 Å². The number of carbonyl (C=O) groups is 2. The third-order valence-electron chi connectivity index (χ3n) is 4.90. The zero-order valence-corrected chi connectivity index (χ0v) is 15.0. The fourth-order valence-electron chi connectivity index (χ4n) is 3.58. The van der Waals surface area contributed by atoms with Crippen molar-refractivity contribution in [3.05, 3.63) is 16.6 Å². The highest BCUT2D eigenvalue weighted by molar-refractivity contribution is 7.09. The van der Waals surface area contributed by atoms with Crippen LogP contribution in [0.2, 0.25) is 0 Å². The lowest BCUT2D eigenvalue weighted by molar-refractivity contribution is -0.143. The first kappa shape index (κ1) is 17.4. The third kappa shape index (κ3) is 3.78. The smallest absolute Gasteiger partial charge is 0.248 e. The quantitative estimate of drug-likeness (QED) is 0.815. The van der Waals surface area contributed by atoms with Crippen LogP contribution in [0.4, 0.5) is 0 Å². The van der Waals surface area contributed by atoms with Crippen LogP contribution in [0, 0.1) is 5.92 Å². The minimum atomic E-state index is 0.0294. The number of hydrogen-bond donors (Lipinski definition) is 0. The molecule has 1 aromatic heterocycles. The van der Waals surface area contributed by atoms with Crippen molar-refractivity contribution in [2.75, 3.05) is 32.8 Å². The standard InChI is InChI=1S/C17H25N3O3S/c1-2-23-12-15(21)19-9-5-13(6-10-19)17(22)20-8-3-4-14(20)16-18-7-11-24-16/h7,11,13-14H,2-6,8-10,12H2,1H3/t14-/m1/s1. The summed E-state index contributed by atoms with van der Waals surface area (Å²) in [5.74, 6) is 0.302. The van der Waals surface area contributed by atoms with E-state index in [0.29, 0.717) is 19.7 Å². The van der Waals surface area contributed by atoms with E-state index in [1.165, 1.54) is 0 Å². The number of piperidine rings is 1. The number of thiazole rings is 1. The second kappa shape index (κ2) is 8.07. The number of ether oxygens (including phenoxy) is 1. The maximum atomic E-state index is 12.9. The number of aromatic nitrogens is 1. The molecular weight excluding hydrogens is 326 g/mol. The molecule has 6 nitrogen and oxygen atoms in total. The molecule has 132 valence electrons. The summed E-state index contributed by atoms with van der Waals surface area (Å²) in [5, 5.41) is 3.02. The van der Waals surface area contributed by atoms with Gasteiger partial charge in [0.25, 0.3) is 0 Å². The molecule has 0 radical (unpaired) electrons. The number of carbonyl (C=O) groups excluding carboxylic acids is 2. The normalized spacial score (nSPS) is 22.1. The van der Waals surface area contributed by atoms with Gasteiger partial charge >= 0.3 is 0 Å². The van der Waals surface area contributed by atoms with E-state index in [1.54, 1.807) is 11.3 Å².